The molecule has 0 aliphatic carbocycles. The maximum Gasteiger partial charge on any atom is 0.111 e. The molecule has 1 N–H and O–H groups in total. The molecule has 0 bridgehead atoms. The van der Waals surface area contributed by atoms with Gasteiger partial charge >= 0.3 is 0 Å². The number of thiazole rings is 1. The molecular weight excluding hydrogens is 280 g/mol. The number of aromatic nitrogens is 3. The third-order valence-corrected chi connectivity index (χ3v) is 4.33. The second-order valence-electron chi connectivity index (χ2n) is 5.13. The Labute approximate surface area is 128 Å². The highest BCUT2D eigenvalue weighted by molar-refractivity contribution is 7.07. The summed E-state index contributed by atoms with van der Waals surface area (Å²) in [5.41, 5.74) is 5.28. The van der Waals surface area contributed by atoms with E-state index < -0.39 is 0 Å². The molecule has 2 heterocycles. The van der Waals surface area contributed by atoms with Crippen LogP contribution >= 0.6 is 11.3 Å². The molecule has 0 aliphatic rings. The van der Waals surface area contributed by atoms with Gasteiger partial charge in [0.25, 0.3) is 0 Å². The first-order valence-corrected chi connectivity index (χ1v) is 8.27. The Balaban J connectivity index is 1.97. The monoisotopic (exact) mass is 300 g/mol. The molecule has 3 rings (SSSR count). The predicted molar refractivity (Wildman–Crippen MR) is 87.6 cm³/mol. The summed E-state index contributed by atoms with van der Waals surface area (Å²) in [4.78, 5) is 9.26. The van der Waals surface area contributed by atoms with E-state index in [0.717, 1.165) is 36.4 Å². The molecule has 3 aromatic rings. The Morgan fingerprint density at radius 3 is 2.90 bits per heavy atom. The van der Waals surface area contributed by atoms with Gasteiger partial charge < -0.3 is 9.88 Å². The van der Waals surface area contributed by atoms with Crippen LogP contribution in [0.25, 0.3) is 11.0 Å². The number of likely N-dealkylation sites (N-methyl/N-ethyl adjacent to an activating group) is 1. The number of imidazole rings is 1. The molecule has 0 saturated carbocycles. The van der Waals surface area contributed by atoms with Gasteiger partial charge in [-0.2, -0.15) is 0 Å². The number of fused-ring (bicyclic) bond motifs is 1. The number of benzene rings is 1. The quantitative estimate of drug-likeness (QED) is 0.758. The molecule has 1 atom stereocenters. The van der Waals surface area contributed by atoms with Crippen molar-refractivity contribution in [1.29, 1.82) is 0 Å². The molecule has 5 heteroatoms. The normalized spacial score (nSPS) is 12.9. The lowest BCUT2D eigenvalue weighted by Gasteiger charge is -2.15. The van der Waals surface area contributed by atoms with Crippen LogP contribution in [0.5, 0.6) is 0 Å². The van der Waals surface area contributed by atoms with Crippen LogP contribution in [-0.2, 0) is 13.0 Å². The summed E-state index contributed by atoms with van der Waals surface area (Å²) in [7, 11) is 1.98. The van der Waals surface area contributed by atoms with Crippen LogP contribution in [-0.4, -0.2) is 21.6 Å². The molecule has 0 fully saturated rings. The number of hydrogen-bond donors (Lipinski definition) is 1. The van der Waals surface area contributed by atoms with Crippen molar-refractivity contribution in [3.05, 3.63) is 46.7 Å². The van der Waals surface area contributed by atoms with Gasteiger partial charge in [-0.1, -0.05) is 19.1 Å². The van der Waals surface area contributed by atoms with Crippen molar-refractivity contribution in [1.82, 2.24) is 19.9 Å². The number of para-hydroxylation sites is 2. The molecule has 2 aromatic heterocycles. The Kier molecular flexibility index (Phi) is 4.31. The average Bonchev–Trinajstić information content (AvgIpc) is 3.14. The van der Waals surface area contributed by atoms with Crippen molar-refractivity contribution in [2.24, 2.45) is 0 Å². The van der Waals surface area contributed by atoms with Crippen LogP contribution in [0.2, 0.25) is 0 Å². The fourth-order valence-electron chi connectivity index (χ4n) is 2.69. The second-order valence-corrected chi connectivity index (χ2v) is 5.85. The molecule has 21 heavy (non-hydrogen) atoms. The van der Waals surface area contributed by atoms with E-state index in [9.17, 15) is 0 Å². The molecule has 110 valence electrons. The van der Waals surface area contributed by atoms with Gasteiger partial charge in [-0.05, 0) is 25.6 Å². The van der Waals surface area contributed by atoms with Gasteiger partial charge in [-0.15, -0.1) is 11.3 Å². The van der Waals surface area contributed by atoms with Crippen molar-refractivity contribution in [2.75, 3.05) is 7.05 Å². The smallest absolute Gasteiger partial charge is 0.111 e. The number of hydrogen-bond acceptors (Lipinski definition) is 4. The van der Waals surface area contributed by atoms with Gasteiger partial charge in [0.15, 0.2) is 0 Å². The fraction of sp³-hybridized carbons (Fsp3) is 0.375. The number of nitrogens with zero attached hydrogens (tertiary/aromatic N) is 3. The van der Waals surface area contributed by atoms with E-state index >= 15 is 0 Å². The first-order valence-electron chi connectivity index (χ1n) is 7.33. The van der Waals surface area contributed by atoms with Crippen molar-refractivity contribution in [3.63, 3.8) is 0 Å². The molecule has 0 amide bonds. The summed E-state index contributed by atoms with van der Waals surface area (Å²) in [6, 6.07) is 8.58. The minimum Gasteiger partial charge on any atom is -0.328 e. The average molecular weight is 300 g/mol. The van der Waals surface area contributed by atoms with Crippen LogP contribution in [0.4, 0.5) is 0 Å². The van der Waals surface area contributed by atoms with E-state index in [2.05, 4.69) is 45.4 Å². The van der Waals surface area contributed by atoms with Crippen LogP contribution < -0.4 is 5.32 Å². The van der Waals surface area contributed by atoms with Crippen LogP contribution in [0.1, 0.15) is 30.9 Å². The summed E-state index contributed by atoms with van der Waals surface area (Å²) >= 11 is 1.64. The van der Waals surface area contributed by atoms with Crippen molar-refractivity contribution >= 4 is 22.4 Å². The standard InChI is InChI=1S/C16H20N4S/c1-3-8-20-15-7-5-4-6-12(15)19-16(20)9-13(17-2)14-10-21-11-18-14/h4-7,10-11,13,17H,3,8-9H2,1-2H3. The highest BCUT2D eigenvalue weighted by Crippen LogP contribution is 2.22. The maximum absolute atomic E-state index is 4.83. The molecule has 1 unspecified atom stereocenters. The summed E-state index contributed by atoms with van der Waals surface area (Å²) < 4.78 is 2.34. The fourth-order valence-corrected chi connectivity index (χ4v) is 3.29. The van der Waals surface area contributed by atoms with E-state index in [0.29, 0.717) is 0 Å². The van der Waals surface area contributed by atoms with Crippen LogP contribution in [0.15, 0.2) is 35.2 Å². The van der Waals surface area contributed by atoms with Crippen molar-refractivity contribution < 1.29 is 0 Å². The zero-order chi connectivity index (χ0) is 14.7. The summed E-state index contributed by atoms with van der Waals surface area (Å²) in [5, 5.41) is 5.46. The lowest BCUT2D eigenvalue weighted by molar-refractivity contribution is 0.539. The predicted octanol–water partition coefficient (Wildman–Crippen LogP) is 3.41. The summed E-state index contributed by atoms with van der Waals surface area (Å²) in [6.45, 7) is 3.21. The SMILES string of the molecule is CCCn1c(CC(NC)c2cscn2)nc2ccccc21. The summed E-state index contributed by atoms with van der Waals surface area (Å²) in [5.74, 6) is 1.13. The van der Waals surface area contributed by atoms with E-state index in [1.165, 1.54) is 5.52 Å². The van der Waals surface area contributed by atoms with Crippen molar-refractivity contribution in [3.8, 4) is 0 Å². The van der Waals surface area contributed by atoms with Gasteiger partial charge in [0.05, 0.1) is 28.3 Å². The Morgan fingerprint density at radius 2 is 2.19 bits per heavy atom. The first kappa shape index (κ1) is 14.2. The third-order valence-electron chi connectivity index (χ3n) is 3.72. The van der Waals surface area contributed by atoms with Gasteiger partial charge in [-0.25, -0.2) is 9.97 Å². The molecule has 0 aliphatic heterocycles. The van der Waals surface area contributed by atoms with Gasteiger partial charge in [-0.3, -0.25) is 0 Å². The highest BCUT2D eigenvalue weighted by Gasteiger charge is 2.17. The van der Waals surface area contributed by atoms with Gasteiger partial charge in [0.2, 0.25) is 0 Å². The van der Waals surface area contributed by atoms with Crippen LogP contribution in [0.3, 0.4) is 0 Å². The molecule has 1 aromatic carbocycles. The van der Waals surface area contributed by atoms with E-state index in [-0.39, 0.29) is 6.04 Å². The Bertz CT molecular complexity index is 702. The minimum atomic E-state index is 0.212. The van der Waals surface area contributed by atoms with Gasteiger partial charge in [0, 0.05) is 18.3 Å². The van der Waals surface area contributed by atoms with E-state index in [4.69, 9.17) is 4.98 Å². The molecule has 0 spiro atoms. The Morgan fingerprint density at radius 1 is 1.33 bits per heavy atom. The lowest BCUT2D eigenvalue weighted by atomic mass is 10.1. The lowest BCUT2D eigenvalue weighted by Crippen LogP contribution is -2.21. The topological polar surface area (TPSA) is 42.7 Å². The zero-order valence-corrected chi connectivity index (χ0v) is 13.2. The number of nitrogens with one attached hydrogen (secondary N) is 1. The largest absolute Gasteiger partial charge is 0.328 e. The molecule has 4 nitrogen and oxygen atoms in total. The summed E-state index contributed by atoms with van der Waals surface area (Å²) in [6.07, 6.45) is 1.96. The van der Waals surface area contributed by atoms with E-state index in [1.54, 1.807) is 11.3 Å². The Hall–Kier alpha value is -1.72. The van der Waals surface area contributed by atoms with Crippen molar-refractivity contribution in [2.45, 2.75) is 32.4 Å². The zero-order valence-electron chi connectivity index (χ0n) is 12.4. The van der Waals surface area contributed by atoms with Gasteiger partial charge in [0.1, 0.15) is 5.82 Å². The second kappa shape index (κ2) is 6.37. The number of rotatable bonds is 6. The maximum atomic E-state index is 4.83. The molecule has 0 saturated heterocycles. The number of aryl methyl sites for hydroxylation is 1. The first-order chi connectivity index (χ1) is 10.3. The third kappa shape index (κ3) is 2.84. The van der Waals surface area contributed by atoms with Crippen LogP contribution in [0, 0.1) is 0 Å². The van der Waals surface area contributed by atoms with E-state index in [1.807, 2.05) is 18.6 Å². The molecular formula is C16H20N4S. The minimum absolute atomic E-state index is 0.212. The molecule has 0 radical (unpaired) electrons. The highest BCUT2D eigenvalue weighted by atomic mass is 32.1.